The third-order valence-electron chi connectivity index (χ3n) is 8.19. The van der Waals surface area contributed by atoms with Gasteiger partial charge in [-0.3, -0.25) is 4.79 Å². The van der Waals surface area contributed by atoms with Gasteiger partial charge in [-0.1, -0.05) is 56.3 Å². The first-order valence-corrected chi connectivity index (χ1v) is 14.4. The maximum absolute atomic E-state index is 14.5. The number of hydrogen-bond acceptors (Lipinski definition) is 3. The van der Waals surface area contributed by atoms with Gasteiger partial charge in [-0.2, -0.15) is 0 Å². The molecule has 3 aromatic carbocycles. The summed E-state index contributed by atoms with van der Waals surface area (Å²) < 4.78 is 37.3. The van der Waals surface area contributed by atoms with Crippen molar-refractivity contribution in [1.29, 1.82) is 0 Å². The lowest BCUT2D eigenvalue weighted by Gasteiger charge is -2.21. The summed E-state index contributed by atoms with van der Waals surface area (Å²) in [5.41, 5.74) is 7.13. The molecule has 3 heterocycles. The largest absolute Gasteiger partial charge is 0.458 e. The summed E-state index contributed by atoms with van der Waals surface area (Å²) in [4.78, 5) is 18.9. The SMILES string of the molecule is CCC1=CCC=Nc2c1c(-c1cccc(CC)c1)c(C)n2C(C)c1oc2ccc(F)cc2c(=O)c1-c1cccc(F)c1. The van der Waals surface area contributed by atoms with Crippen LogP contribution in [-0.4, -0.2) is 10.8 Å². The molecule has 0 bridgehead atoms. The summed E-state index contributed by atoms with van der Waals surface area (Å²) in [6, 6.07) is 17.9. The Labute approximate surface area is 243 Å². The third kappa shape index (κ3) is 4.61. The van der Waals surface area contributed by atoms with Crippen molar-refractivity contribution in [3.8, 4) is 22.3 Å². The van der Waals surface area contributed by atoms with E-state index in [1.54, 1.807) is 12.1 Å². The molecule has 1 aliphatic heterocycles. The number of rotatable bonds is 6. The molecule has 0 amide bonds. The van der Waals surface area contributed by atoms with Crippen LogP contribution in [0.5, 0.6) is 0 Å². The van der Waals surface area contributed by atoms with Crippen LogP contribution in [0.4, 0.5) is 14.6 Å². The van der Waals surface area contributed by atoms with E-state index in [0.717, 1.165) is 41.0 Å². The van der Waals surface area contributed by atoms with Crippen molar-refractivity contribution in [2.75, 3.05) is 0 Å². The molecule has 6 heteroatoms. The Balaban J connectivity index is 1.68. The fraction of sp³-hybridized carbons (Fsp3) is 0.222. The zero-order valence-electron chi connectivity index (χ0n) is 24.2. The van der Waals surface area contributed by atoms with Gasteiger partial charge in [0.1, 0.15) is 28.8 Å². The number of benzene rings is 3. The first-order valence-electron chi connectivity index (χ1n) is 14.4. The molecule has 5 aromatic rings. The van der Waals surface area contributed by atoms with Crippen LogP contribution in [0, 0.1) is 18.6 Å². The van der Waals surface area contributed by atoms with Crippen LogP contribution in [0.25, 0.3) is 38.8 Å². The molecule has 1 aliphatic rings. The summed E-state index contributed by atoms with van der Waals surface area (Å²) in [5, 5.41) is 0.111. The second kappa shape index (κ2) is 11.0. The zero-order chi connectivity index (χ0) is 29.5. The molecule has 0 saturated carbocycles. The fourth-order valence-electron chi connectivity index (χ4n) is 6.17. The van der Waals surface area contributed by atoms with Crippen LogP contribution in [0.15, 0.2) is 87.0 Å². The number of aryl methyl sites for hydroxylation is 1. The van der Waals surface area contributed by atoms with Gasteiger partial charge in [-0.25, -0.2) is 13.8 Å². The van der Waals surface area contributed by atoms with Gasteiger partial charge in [-0.05, 0) is 79.3 Å². The Morgan fingerprint density at radius 3 is 2.38 bits per heavy atom. The molecular weight excluding hydrogens is 530 g/mol. The molecule has 212 valence electrons. The molecule has 0 spiro atoms. The van der Waals surface area contributed by atoms with E-state index in [0.29, 0.717) is 17.7 Å². The smallest absolute Gasteiger partial charge is 0.200 e. The van der Waals surface area contributed by atoms with Crippen LogP contribution < -0.4 is 5.43 Å². The van der Waals surface area contributed by atoms with Crippen molar-refractivity contribution in [2.45, 2.75) is 53.0 Å². The van der Waals surface area contributed by atoms with Crippen LogP contribution in [0.1, 0.15) is 62.2 Å². The quantitative estimate of drug-likeness (QED) is 0.207. The highest BCUT2D eigenvalue weighted by Gasteiger charge is 2.30. The number of hydrogen-bond donors (Lipinski definition) is 0. The summed E-state index contributed by atoms with van der Waals surface area (Å²) in [5.74, 6) is 0.131. The van der Waals surface area contributed by atoms with Crippen molar-refractivity contribution >= 4 is 28.6 Å². The standard InChI is InChI=1S/C36H32F2N2O2/c1-5-23-10-7-11-25(18-23)31-21(3)40(36-32(31)24(6-2)13-9-17-39-36)22(4)35-33(26-12-8-14-27(37)19-26)34(41)29-20-28(38)15-16-30(29)42-35/h7-8,10-20,22H,5-6,9H2,1-4H3. The number of aliphatic imine (C=N–C) groups is 1. The number of allylic oxidation sites excluding steroid dienone is 2. The number of aromatic nitrogens is 1. The van der Waals surface area contributed by atoms with Gasteiger partial charge < -0.3 is 8.98 Å². The molecule has 0 N–H and O–H groups in total. The number of fused-ring (bicyclic) bond motifs is 2. The van der Waals surface area contributed by atoms with Gasteiger partial charge in [0, 0.05) is 29.5 Å². The molecule has 4 nitrogen and oxygen atoms in total. The summed E-state index contributed by atoms with van der Waals surface area (Å²) in [6.45, 7) is 8.32. The van der Waals surface area contributed by atoms with E-state index >= 15 is 0 Å². The average molecular weight is 563 g/mol. The highest BCUT2D eigenvalue weighted by molar-refractivity contribution is 5.93. The first kappa shape index (κ1) is 27.6. The Bertz CT molecular complexity index is 1960. The van der Waals surface area contributed by atoms with E-state index in [9.17, 15) is 13.6 Å². The lowest BCUT2D eigenvalue weighted by molar-refractivity contribution is 0.461. The molecular formula is C36H32F2N2O2. The maximum atomic E-state index is 14.5. The topological polar surface area (TPSA) is 47.5 Å². The van der Waals surface area contributed by atoms with Crippen LogP contribution in [0.2, 0.25) is 0 Å². The highest BCUT2D eigenvalue weighted by Crippen LogP contribution is 2.46. The minimum atomic E-state index is -0.542. The second-order valence-corrected chi connectivity index (χ2v) is 10.7. The predicted octanol–water partition coefficient (Wildman–Crippen LogP) is 9.59. The van der Waals surface area contributed by atoms with Gasteiger partial charge in [0.05, 0.1) is 17.0 Å². The highest BCUT2D eigenvalue weighted by atomic mass is 19.1. The Kier molecular flexibility index (Phi) is 7.23. The van der Waals surface area contributed by atoms with Crippen LogP contribution >= 0.6 is 0 Å². The molecule has 0 saturated heterocycles. The Morgan fingerprint density at radius 1 is 0.905 bits per heavy atom. The van der Waals surface area contributed by atoms with Crippen molar-refractivity contribution in [1.82, 2.24) is 4.57 Å². The van der Waals surface area contributed by atoms with Gasteiger partial charge in [-0.15, -0.1) is 0 Å². The average Bonchev–Trinajstić information content (AvgIpc) is 3.12. The molecule has 1 unspecified atom stereocenters. The minimum Gasteiger partial charge on any atom is -0.458 e. The summed E-state index contributed by atoms with van der Waals surface area (Å²) in [6.07, 6.45) is 6.59. The van der Waals surface area contributed by atoms with Crippen molar-refractivity contribution in [3.05, 3.63) is 117 Å². The summed E-state index contributed by atoms with van der Waals surface area (Å²) in [7, 11) is 0. The molecule has 2 aromatic heterocycles. The van der Waals surface area contributed by atoms with E-state index in [1.807, 2.05) is 13.1 Å². The third-order valence-corrected chi connectivity index (χ3v) is 8.19. The molecule has 6 rings (SSSR count). The van der Waals surface area contributed by atoms with Crippen molar-refractivity contribution < 1.29 is 13.2 Å². The van der Waals surface area contributed by atoms with Crippen LogP contribution in [0.3, 0.4) is 0 Å². The van der Waals surface area contributed by atoms with E-state index in [4.69, 9.17) is 9.41 Å². The normalized spacial score (nSPS) is 13.6. The van der Waals surface area contributed by atoms with Gasteiger partial charge in [0.15, 0.2) is 0 Å². The lowest BCUT2D eigenvalue weighted by atomic mass is 9.93. The van der Waals surface area contributed by atoms with Crippen LogP contribution in [-0.2, 0) is 6.42 Å². The Morgan fingerprint density at radius 2 is 1.64 bits per heavy atom. The second-order valence-electron chi connectivity index (χ2n) is 10.7. The molecule has 1 atom stereocenters. The molecule has 42 heavy (non-hydrogen) atoms. The number of nitrogens with zero attached hydrogens (tertiary/aromatic N) is 2. The molecule has 0 radical (unpaired) electrons. The Hall–Kier alpha value is -4.58. The van der Waals surface area contributed by atoms with E-state index in [-0.39, 0.29) is 16.5 Å². The van der Waals surface area contributed by atoms with E-state index < -0.39 is 23.1 Å². The lowest BCUT2D eigenvalue weighted by Crippen LogP contribution is -2.16. The first-order chi connectivity index (χ1) is 20.3. The maximum Gasteiger partial charge on any atom is 0.200 e. The van der Waals surface area contributed by atoms with Gasteiger partial charge >= 0.3 is 0 Å². The van der Waals surface area contributed by atoms with E-state index in [2.05, 4.69) is 55.7 Å². The van der Waals surface area contributed by atoms with Crippen molar-refractivity contribution in [3.63, 3.8) is 0 Å². The van der Waals surface area contributed by atoms with Crippen molar-refractivity contribution in [2.24, 2.45) is 4.99 Å². The minimum absolute atomic E-state index is 0.111. The molecule has 0 fully saturated rings. The van der Waals surface area contributed by atoms with Gasteiger partial charge in [0.25, 0.3) is 0 Å². The number of halogens is 2. The molecule has 0 aliphatic carbocycles. The van der Waals surface area contributed by atoms with Gasteiger partial charge in [0.2, 0.25) is 5.43 Å². The van der Waals surface area contributed by atoms with E-state index in [1.165, 1.54) is 41.5 Å². The fourth-order valence-corrected chi connectivity index (χ4v) is 6.17. The zero-order valence-corrected chi connectivity index (χ0v) is 24.2. The predicted molar refractivity (Wildman–Crippen MR) is 167 cm³/mol. The summed E-state index contributed by atoms with van der Waals surface area (Å²) >= 11 is 0. The monoisotopic (exact) mass is 562 g/mol.